The zero-order chi connectivity index (χ0) is 11.8. The molecule has 0 saturated heterocycles. The van der Waals surface area contributed by atoms with E-state index in [9.17, 15) is 4.79 Å². The van der Waals surface area contributed by atoms with Crippen LogP contribution in [0.25, 0.3) is 10.8 Å². The first-order valence-electron chi connectivity index (χ1n) is 5.68. The molecule has 17 heavy (non-hydrogen) atoms. The molecule has 3 heteroatoms. The summed E-state index contributed by atoms with van der Waals surface area (Å²) in [6, 6.07) is 10.00. The van der Waals surface area contributed by atoms with Gasteiger partial charge in [-0.15, -0.1) is 0 Å². The monoisotopic (exact) mass is 227 g/mol. The molecule has 0 atom stereocenters. The summed E-state index contributed by atoms with van der Waals surface area (Å²) in [5.74, 6) is 0.961. The van der Waals surface area contributed by atoms with E-state index in [0.29, 0.717) is 6.42 Å². The number of ether oxygens (including phenoxy) is 1. The number of nitrogens with one attached hydrogen (secondary N) is 1. The van der Waals surface area contributed by atoms with E-state index in [1.165, 1.54) is 0 Å². The van der Waals surface area contributed by atoms with Crippen molar-refractivity contribution in [2.45, 2.75) is 12.8 Å². The van der Waals surface area contributed by atoms with Crippen LogP contribution in [0.1, 0.15) is 12.0 Å². The van der Waals surface area contributed by atoms with Crippen LogP contribution in [-0.2, 0) is 11.2 Å². The van der Waals surface area contributed by atoms with Crippen LogP contribution >= 0.6 is 0 Å². The highest BCUT2D eigenvalue weighted by Crippen LogP contribution is 2.37. The maximum absolute atomic E-state index is 11.5. The van der Waals surface area contributed by atoms with Crippen molar-refractivity contribution in [3.63, 3.8) is 0 Å². The molecule has 0 spiro atoms. The van der Waals surface area contributed by atoms with Gasteiger partial charge in [0, 0.05) is 17.2 Å². The van der Waals surface area contributed by atoms with Crippen molar-refractivity contribution in [1.29, 1.82) is 0 Å². The summed E-state index contributed by atoms with van der Waals surface area (Å²) in [6.07, 6.45) is 1.33. The van der Waals surface area contributed by atoms with Crippen molar-refractivity contribution in [3.8, 4) is 5.75 Å². The highest BCUT2D eigenvalue weighted by molar-refractivity contribution is 6.07. The van der Waals surface area contributed by atoms with E-state index in [0.717, 1.165) is 34.2 Å². The Morgan fingerprint density at radius 1 is 1.18 bits per heavy atom. The van der Waals surface area contributed by atoms with Crippen molar-refractivity contribution in [2.75, 3.05) is 12.4 Å². The molecule has 86 valence electrons. The number of hydrogen-bond acceptors (Lipinski definition) is 2. The van der Waals surface area contributed by atoms with Crippen LogP contribution in [0.5, 0.6) is 5.75 Å². The number of benzene rings is 2. The van der Waals surface area contributed by atoms with Gasteiger partial charge in [0.15, 0.2) is 0 Å². The van der Waals surface area contributed by atoms with Gasteiger partial charge in [-0.2, -0.15) is 0 Å². The first-order chi connectivity index (χ1) is 8.29. The first-order valence-corrected chi connectivity index (χ1v) is 5.68. The molecule has 1 aliphatic heterocycles. The number of carbonyl (C=O) groups is 1. The SMILES string of the molecule is COc1cc2c(c3ccccc13)NC(=O)CC2. The molecule has 0 radical (unpaired) electrons. The lowest BCUT2D eigenvalue weighted by molar-refractivity contribution is -0.116. The number of hydrogen-bond donors (Lipinski definition) is 1. The van der Waals surface area contributed by atoms with Gasteiger partial charge in [0.1, 0.15) is 5.75 Å². The Bertz CT molecular complexity index is 604. The average Bonchev–Trinajstić information content (AvgIpc) is 2.38. The minimum absolute atomic E-state index is 0.0906. The topological polar surface area (TPSA) is 38.3 Å². The number of anilines is 1. The molecule has 1 heterocycles. The van der Waals surface area contributed by atoms with Gasteiger partial charge in [0.25, 0.3) is 0 Å². The van der Waals surface area contributed by atoms with E-state index in [-0.39, 0.29) is 5.91 Å². The molecule has 0 aromatic heterocycles. The molecule has 2 aromatic carbocycles. The van der Waals surface area contributed by atoms with Crippen LogP contribution in [0.2, 0.25) is 0 Å². The molecule has 3 rings (SSSR count). The van der Waals surface area contributed by atoms with Crippen LogP contribution in [0, 0.1) is 0 Å². The molecule has 0 fully saturated rings. The van der Waals surface area contributed by atoms with Gasteiger partial charge >= 0.3 is 0 Å². The molecule has 1 amide bonds. The predicted octanol–water partition coefficient (Wildman–Crippen LogP) is 2.73. The van der Waals surface area contributed by atoms with Crippen LogP contribution in [0.15, 0.2) is 30.3 Å². The van der Waals surface area contributed by atoms with Crippen molar-refractivity contribution in [1.82, 2.24) is 0 Å². The average molecular weight is 227 g/mol. The van der Waals surface area contributed by atoms with E-state index < -0.39 is 0 Å². The molecule has 0 saturated carbocycles. The zero-order valence-corrected chi connectivity index (χ0v) is 9.62. The second-order valence-electron chi connectivity index (χ2n) is 4.21. The third-order valence-electron chi connectivity index (χ3n) is 3.19. The van der Waals surface area contributed by atoms with Gasteiger partial charge in [-0.3, -0.25) is 4.79 Å². The molecular formula is C14H13NO2. The van der Waals surface area contributed by atoms with Gasteiger partial charge in [0.2, 0.25) is 5.91 Å². The first kappa shape index (κ1) is 10.1. The van der Waals surface area contributed by atoms with E-state index in [4.69, 9.17) is 4.74 Å². The van der Waals surface area contributed by atoms with Crippen LogP contribution in [0.3, 0.4) is 0 Å². The summed E-state index contributed by atoms with van der Waals surface area (Å²) in [6.45, 7) is 0. The van der Waals surface area contributed by atoms with E-state index in [1.54, 1.807) is 7.11 Å². The molecule has 0 bridgehead atoms. The van der Waals surface area contributed by atoms with E-state index in [2.05, 4.69) is 5.32 Å². The third-order valence-corrected chi connectivity index (χ3v) is 3.19. The number of aryl methyl sites for hydroxylation is 1. The maximum Gasteiger partial charge on any atom is 0.224 e. The third kappa shape index (κ3) is 1.55. The molecule has 2 aromatic rings. The Labute approximate surface area is 99.4 Å². The summed E-state index contributed by atoms with van der Waals surface area (Å²) in [5.41, 5.74) is 2.10. The largest absolute Gasteiger partial charge is 0.496 e. The quantitative estimate of drug-likeness (QED) is 0.813. The number of carbonyl (C=O) groups excluding carboxylic acids is 1. The van der Waals surface area contributed by atoms with Crippen LogP contribution < -0.4 is 10.1 Å². The maximum atomic E-state index is 11.5. The lowest BCUT2D eigenvalue weighted by atomic mass is 9.97. The highest BCUT2D eigenvalue weighted by Gasteiger charge is 2.19. The van der Waals surface area contributed by atoms with Gasteiger partial charge in [-0.05, 0) is 18.1 Å². The summed E-state index contributed by atoms with van der Waals surface area (Å²) >= 11 is 0. The zero-order valence-electron chi connectivity index (χ0n) is 9.62. The molecule has 3 nitrogen and oxygen atoms in total. The summed E-state index contributed by atoms with van der Waals surface area (Å²) in [7, 11) is 1.68. The fourth-order valence-electron chi connectivity index (χ4n) is 2.36. The number of fused-ring (bicyclic) bond motifs is 3. The molecule has 1 N–H and O–H groups in total. The Kier molecular flexibility index (Phi) is 2.25. The smallest absolute Gasteiger partial charge is 0.224 e. The number of rotatable bonds is 1. The number of amides is 1. The van der Waals surface area contributed by atoms with Crippen LogP contribution in [-0.4, -0.2) is 13.0 Å². The molecule has 1 aliphatic rings. The molecular weight excluding hydrogens is 214 g/mol. The Hall–Kier alpha value is -2.03. The Morgan fingerprint density at radius 3 is 2.71 bits per heavy atom. The minimum atomic E-state index is 0.0906. The summed E-state index contributed by atoms with van der Waals surface area (Å²) in [5, 5.41) is 5.05. The highest BCUT2D eigenvalue weighted by atomic mass is 16.5. The fourth-order valence-corrected chi connectivity index (χ4v) is 2.36. The summed E-state index contributed by atoms with van der Waals surface area (Å²) < 4.78 is 5.41. The van der Waals surface area contributed by atoms with Gasteiger partial charge < -0.3 is 10.1 Å². The van der Waals surface area contributed by atoms with Crippen LogP contribution in [0.4, 0.5) is 5.69 Å². The Balaban J connectivity index is 2.34. The van der Waals surface area contributed by atoms with E-state index in [1.807, 2.05) is 30.3 Å². The van der Waals surface area contributed by atoms with Crippen molar-refractivity contribution >= 4 is 22.4 Å². The predicted molar refractivity (Wildman–Crippen MR) is 67.5 cm³/mol. The van der Waals surface area contributed by atoms with Crippen molar-refractivity contribution < 1.29 is 9.53 Å². The Morgan fingerprint density at radius 2 is 1.94 bits per heavy atom. The second kappa shape index (κ2) is 3.77. The van der Waals surface area contributed by atoms with Gasteiger partial charge in [-0.1, -0.05) is 24.3 Å². The van der Waals surface area contributed by atoms with Crippen molar-refractivity contribution in [3.05, 3.63) is 35.9 Å². The standard InChI is InChI=1S/C14H13NO2/c1-17-12-8-9-6-7-13(16)15-14(9)11-5-3-2-4-10(11)12/h2-5,8H,6-7H2,1H3,(H,15,16). The molecule has 0 unspecified atom stereocenters. The number of methoxy groups -OCH3 is 1. The van der Waals surface area contributed by atoms with E-state index >= 15 is 0 Å². The lowest BCUT2D eigenvalue weighted by Gasteiger charge is -2.20. The fraction of sp³-hybridized carbons (Fsp3) is 0.214. The second-order valence-corrected chi connectivity index (χ2v) is 4.21. The lowest BCUT2D eigenvalue weighted by Crippen LogP contribution is -2.19. The molecule has 0 aliphatic carbocycles. The minimum Gasteiger partial charge on any atom is -0.496 e. The van der Waals surface area contributed by atoms with Gasteiger partial charge in [-0.25, -0.2) is 0 Å². The van der Waals surface area contributed by atoms with Crippen molar-refractivity contribution in [2.24, 2.45) is 0 Å². The normalized spacial score (nSPS) is 14.3. The van der Waals surface area contributed by atoms with Gasteiger partial charge in [0.05, 0.1) is 12.8 Å². The summed E-state index contributed by atoms with van der Waals surface area (Å²) in [4.78, 5) is 11.5.